The fraction of sp³-hybridized carbons (Fsp3) is 0. The summed E-state index contributed by atoms with van der Waals surface area (Å²) in [5.41, 5.74) is 5.45. The van der Waals surface area contributed by atoms with Gasteiger partial charge in [0.25, 0.3) is 5.56 Å². The molecule has 11 heavy (non-hydrogen) atoms. The van der Waals surface area contributed by atoms with Crippen LogP contribution < -0.4 is 11.3 Å². The fourth-order valence-corrected chi connectivity index (χ4v) is 1.21. The summed E-state index contributed by atoms with van der Waals surface area (Å²) in [6.07, 6.45) is 0. The van der Waals surface area contributed by atoms with Gasteiger partial charge in [0.05, 0.1) is 11.7 Å². The van der Waals surface area contributed by atoms with Crippen molar-refractivity contribution in [2.45, 2.75) is 0 Å². The molecule has 0 unspecified atom stereocenters. The van der Waals surface area contributed by atoms with Crippen LogP contribution in [0.5, 0.6) is 0 Å². The van der Waals surface area contributed by atoms with E-state index in [0.29, 0.717) is 5.65 Å². The summed E-state index contributed by atoms with van der Waals surface area (Å²) in [6, 6.07) is 0. The minimum absolute atomic E-state index is 0.0650. The van der Waals surface area contributed by atoms with Gasteiger partial charge in [-0.3, -0.25) is 9.78 Å². The van der Waals surface area contributed by atoms with Crippen molar-refractivity contribution in [2.24, 2.45) is 0 Å². The second kappa shape index (κ2) is 1.99. The van der Waals surface area contributed by atoms with E-state index in [1.165, 1.54) is 0 Å². The van der Waals surface area contributed by atoms with E-state index in [-0.39, 0.29) is 17.0 Å². The van der Waals surface area contributed by atoms with Crippen LogP contribution in [-0.2, 0) is 0 Å². The fourth-order valence-electron chi connectivity index (χ4n) is 0.718. The molecule has 0 fully saturated rings. The first kappa shape index (κ1) is 6.23. The van der Waals surface area contributed by atoms with E-state index in [9.17, 15) is 4.79 Å². The number of aromatic amines is 1. The van der Waals surface area contributed by atoms with Crippen LogP contribution in [0.15, 0.2) is 4.79 Å². The topological polar surface area (TPSA) is 97.5 Å². The Bertz CT molecular complexity index is 445. The van der Waals surface area contributed by atoms with Gasteiger partial charge >= 0.3 is 0 Å². The molecule has 6 nitrogen and oxygen atoms in total. The van der Waals surface area contributed by atoms with Crippen molar-refractivity contribution in [1.82, 2.24) is 18.7 Å². The lowest BCUT2D eigenvalue weighted by atomic mass is 10.5. The molecule has 0 bridgehead atoms. The van der Waals surface area contributed by atoms with Crippen molar-refractivity contribution < 1.29 is 0 Å². The van der Waals surface area contributed by atoms with E-state index in [1.807, 2.05) is 0 Å². The van der Waals surface area contributed by atoms with E-state index in [0.717, 1.165) is 11.7 Å². The highest BCUT2D eigenvalue weighted by atomic mass is 32.1. The summed E-state index contributed by atoms with van der Waals surface area (Å²) in [5.74, 6) is 0.0650. The number of fused-ring (bicyclic) bond motifs is 1. The molecule has 2 rings (SSSR count). The smallest absolute Gasteiger partial charge is 0.281 e. The molecule has 0 spiro atoms. The van der Waals surface area contributed by atoms with Crippen molar-refractivity contribution in [3.8, 4) is 0 Å². The molecule has 0 aliphatic rings. The maximum atomic E-state index is 11.0. The number of rotatable bonds is 0. The molecule has 0 saturated carbocycles. The van der Waals surface area contributed by atoms with Crippen molar-refractivity contribution in [1.29, 1.82) is 0 Å². The summed E-state index contributed by atoms with van der Waals surface area (Å²) >= 11 is 0.938. The number of H-pyrrole nitrogens is 1. The molecular formula is C4H3N5OS. The van der Waals surface area contributed by atoms with Gasteiger partial charge in [-0.25, -0.2) is 0 Å². The number of nitrogens with two attached hydrogens (primary N) is 1. The lowest BCUT2D eigenvalue weighted by Gasteiger charge is -1.87. The van der Waals surface area contributed by atoms with Crippen LogP contribution in [0.2, 0.25) is 0 Å². The molecule has 0 atom stereocenters. The van der Waals surface area contributed by atoms with E-state index >= 15 is 0 Å². The van der Waals surface area contributed by atoms with Crippen molar-refractivity contribution in [3.05, 3.63) is 10.4 Å². The van der Waals surface area contributed by atoms with Crippen LogP contribution in [0, 0.1) is 0 Å². The molecule has 0 amide bonds. The molecule has 0 radical (unpaired) electrons. The van der Waals surface area contributed by atoms with Crippen molar-refractivity contribution in [3.63, 3.8) is 0 Å². The molecule has 0 aliphatic carbocycles. The highest BCUT2D eigenvalue weighted by molar-refractivity contribution is 7.00. The third-order valence-corrected chi connectivity index (χ3v) is 1.67. The average molecular weight is 169 g/mol. The zero-order valence-electron chi connectivity index (χ0n) is 5.24. The first-order valence-electron chi connectivity index (χ1n) is 2.75. The third-order valence-electron chi connectivity index (χ3n) is 1.15. The summed E-state index contributed by atoms with van der Waals surface area (Å²) in [5, 5.41) is 0. The second-order valence-corrected chi connectivity index (χ2v) is 2.42. The monoisotopic (exact) mass is 169 g/mol. The van der Waals surface area contributed by atoms with Gasteiger partial charge in [-0.15, -0.1) is 0 Å². The molecule has 0 aliphatic heterocycles. The Balaban J connectivity index is 3.02. The predicted molar refractivity (Wildman–Crippen MR) is 40.2 cm³/mol. The Morgan fingerprint density at radius 1 is 1.45 bits per heavy atom. The highest BCUT2D eigenvalue weighted by Gasteiger charge is 2.04. The number of aromatic nitrogens is 4. The standard InChI is InChI=1S/C4H3N5OS/c5-4-6-2-1(3(10)7-4)8-11-9-2/h(H3,5,6,7,9,10). The Labute approximate surface area is 64.4 Å². The molecule has 2 aromatic heterocycles. The van der Waals surface area contributed by atoms with Gasteiger partial charge in [-0.1, -0.05) is 0 Å². The molecule has 0 saturated heterocycles. The number of anilines is 1. The van der Waals surface area contributed by atoms with E-state index in [4.69, 9.17) is 5.73 Å². The second-order valence-electron chi connectivity index (χ2n) is 1.89. The molecule has 0 aromatic carbocycles. The van der Waals surface area contributed by atoms with Crippen molar-refractivity contribution in [2.75, 3.05) is 5.73 Å². The predicted octanol–water partition coefficient (Wildman–Crippen LogP) is -0.643. The number of nitrogen functional groups attached to an aromatic ring is 1. The quantitative estimate of drug-likeness (QED) is 0.546. The Morgan fingerprint density at radius 3 is 3.09 bits per heavy atom. The van der Waals surface area contributed by atoms with Gasteiger partial charge in [-0.2, -0.15) is 13.7 Å². The van der Waals surface area contributed by atoms with E-state index < -0.39 is 0 Å². The Hall–Kier alpha value is -1.50. The van der Waals surface area contributed by atoms with Gasteiger partial charge in [0.15, 0.2) is 5.52 Å². The molecule has 3 N–H and O–H groups in total. The number of nitrogens with one attached hydrogen (secondary N) is 1. The van der Waals surface area contributed by atoms with E-state index in [1.54, 1.807) is 0 Å². The van der Waals surface area contributed by atoms with Gasteiger partial charge in [0.1, 0.15) is 0 Å². The third kappa shape index (κ3) is 0.855. The van der Waals surface area contributed by atoms with Crippen molar-refractivity contribution >= 4 is 28.8 Å². The van der Waals surface area contributed by atoms with Crippen LogP contribution in [-0.4, -0.2) is 18.7 Å². The van der Waals surface area contributed by atoms with E-state index in [2.05, 4.69) is 18.7 Å². The number of nitrogens with zero attached hydrogens (tertiary/aromatic N) is 3. The summed E-state index contributed by atoms with van der Waals surface area (Å²) in [4.78, 5) is 17.1. The summed E-state index contributed by atoms with van der Waals surface area (Å²) in [7, 11) is 0. The average Bonchev–Trinajstić information content (AvgIpc) is 2.34. The largest absolute Gasteiger partial charge is 0.369 e. The minimum Gasteiger partial charge on any atom is -0.369 e. The normalized spacial score (nSPS) is 10.5. The first-order chi connectivity index (χ1) is 5.27. The SMILES string of the molecule is Nc1nc2nsnc2c(=O)[nH]1. The minimum atomic E-state index is -0.346. The summed E-state index contributed by atoms with van der Waals surface area (Å²) < 4.78 is 7.49. The molecule has 2 heterocycles. The van der Waals surface area contributed by atoms with Crippen LogP contribution >= 0.6 is 11.7 Å². The van der Waals surface area contributed by atoms with Crippen LogP contribution in [0.25, 0.3) is 11.2 Å². The molecular weight excluding hydrogens is 166 g/mol. The van der Waals surface area contributed by atoms with Crippen LogP contribution in [0.4, 0.5) is 5.95 Å². The maximum Gasteiger partial charge on any atom is 0.281 e. The van der Waals surface area contributed by atoms with Gasteiger partial charge in [0.2, 0.25) is 11.6 Å². The van der Waals surface area contributed by atoms with Gasteiger partial charge in [0, 0.05) is 0 Å². The lowest BCUT2D eigenvalue weighted by molar-refractivity contribution is 1.17. The highest BCUT2D eigenvalue weighted by Crippen LogP contribution is 2.02. The molecule has 7 heteroatoms. The number of hydrogen-bond donors (Lipinski definition) is 2. The number of hydrogen-bond acceptors (Lipinski definition) is 6. The maximum absolute atomic E-state index is 11.0. The van der Waals surface area contributed by atoms with Crippen LogP contribution in [0.3, 0.4) is 0 Å². The lowest BCUT2D eigenvalue weighted by Crippen LogP contribution is -2.10. The Morgan fingerprint density at radius 2 is 2.27 bits per heavy atom. The van der Waals surface area contributed by atoms with Gasteiger partial charge < -0.3 is 5.73 Å². The first-order valence-corrected chi connectivity index (χ1v) is 3.48. The van der Waals surface area contributed by atoms with Gasteiger partial charge in [-0.05, 0) is 0 Å². The molecule has 2 aromatic rings. The summed E-state index contributed by atoms with van der Waals surface area (Å²) in [6.45, 7) is 0. The zero-order valence-corrected chi connectivity index (χ0v) is 6.05. The molecule has 56 valence electrons. The Kier molecular flexibility index (Phi) is 1.13. The zero-order chi connectivity index (χ0) is 7.84. The van der Waals surface area contributed by atoms with Crippen LogP contribution in [0.1, 0.15) is 0 Å².